The number of carboxylic acids is 1. The van der Waals surface area contributed by atoms with Gasteiger partial charge in [-0.1, -0.05) is 60.7 Å². The van der Waals surface area contributed by atoms with Gasteiger partial charge in [0.1, 0.15) is 11.6 Å². The molecule has 0 spiro atoms. The van der Waals surface area contributed by atoms with Crippen molar-refractivity contribution in [3.05, 3.63) is 125 Å². The van der Waals surface area contributed by atoms with Crippen LogP contribution >= 0.6 is 11.3 Å². The van der Waals surface area contributed by atoms with E-state index in [4.69, 9.17) is 9.72 Å². The van der Waals surface area contributed by atoms with E-state index >= 15 is 0 Å². The molecule has 3 aliphatic rings. The highest BCUT2D eigenvalue weighted by Gasteiger charge is 2.32. The molecule has 0 radical (unpaired) electrons. The van der Waals surface area contributed by atoms with Crippen LogP contribution in [0.25, 0.3) is 32.2 Å². The second-order valence-corrected chi connectivity index (χ2v) is 20.0. The number of rotatable bonds is 15. The number of nitrogens with zero attached hydrogens (tertiary/aromatic N) is 6. The van der Waals surface area contributed by atoms with Crippen LogP contribution in [-0.2, 0) is 34.4 Å². The Hall–Kier alpha value is -7.21. The summed E-state index contributed by atoms with van der Waals surface area (Å²) in [5, 5.41) is 36.6. The van der Waals surface area contributed by atoms with Crippen molar-refractivity contribution in [1.82, 2.24) is 30.0 Å². The number of carbonyl (C=O) groups is 4. The number of para-hydroxylation sites is 1. The van der Waals surface area contributed by atoms with E-state index in [0.29, 0.717) is 78.0 Å². The number of likely N-dealkylation sites (tertiary alicyclic amines) is 1. The summed E-state index contributed by atoms with van der Waals surface area (Å²) in [7, 11) is 1.81. The van der Waals surface area contributed by atoms with E-state index in [2.05, 4.69) is 48.8 Å². The lowest BCUT2D eigenvalue weighted by Crippen LogP contribution is -2.40. The highest BCUT2D eigenvalue weighted by Crippen LogP contribution is 2.37. The van der Waals surface area contributed by atoms with Crippen molar-refractivity contribution >= 4 is 72.8 Å². The summed E-state index contributed by atoms with van der Waals surface area (Å²) in [6, 6.07) is 28.8. The molecule has 3 atom stereocenters. The standard InChI is InChI=1S/C54H57N9O7S/c1-31(33-20-24-62(25-21-33)30-48(65)55-35-14-15-39-43(28-35)61(3)60-49(39)40-17-19-47(64)58-52(40)67)23-27-70-44-12-7-9-36(32(44)2)37-16-18-46(57-50(37)53(68)69)63-26-22-34-8-6-10-38(41(34)29-63)51(66)59-54-56-42-11-4-5-13-45(42)71-54/h4-16,18,28,31,33,40,51,66H,17,19-27,29-30H2,1-3H3,(H,55,65)(H,56,59)(H,68,69)(H,58,64,67)/t31-,40?,51?/m1/s1. The number of aryl methyl sites for hydroxylation is 1. The number of fused-ring (bicyclic) bond motifs is 3. The van der Waals surface area contributed by atoms with E-state index in [1.807, 2.05) is 91.9 Å². The van der Waals surface area contributed by atoms with Crippen molar-refractivity contribution in [2.45, 2.75) is 71.1 Å². The third-order valence-electron chi connectivity index (χ3n) is 14.5. The van der Waals surface area contributed by atoms with Gasteiger partial charge in [-0.3, -0.25) is 29.3 Å². The largest absolute Gasteiger partial charge is 0.493 e. The summed E-state index contributed by atoms with van der Waals surface area (Å²) in [6.45, 7) is 7.75. The number of aromatic carboxylic acids is 1. The number of hydrogen-bond donors (Lipinski definition) is 5. The molecule has 7 aromatic rings. The maximum Gasteiger partial charge on any atom is 0.355 e. The highest BCUT2D eigenvalue weighted by molar-refractivity contribution is 7.22. The fraction of sp³-hybridized carbons (Fsp3) is 0.352. The van der Waals surface area contributed by atoms with Crippen molar-refractivity contribution in [2.75, 3.05) is 48.3 Å². The van der Waals surface area contributed by atoms with Crippen LogP contribution < -0.4 is 25.6 Å². The number of imide groups is 1. The number of aromatic nitrogens is 4. The smallest absolute Gasteiger partial charge is 0.355 e. The summed E-state index contributed by atoms with van der Waals surface area (Å²) in [5.74, 6) is -0.154. The summed E-state index contributed by atoms with van der Waals surface area (Å²) in [5.41, 5.74) is 7.88. The average molecular weight is 976 g/mol. The average Bonchev–Trinajstić information content (AvgIpc) is 3.93. The summed E-state index contributed by atoms with van der Waals surface area (Å²) in [4.78, 5) is 63.9. The van der Waals surface area contributed by atoms with Gasteiger partial charge in [-0.25, -0.2) is 14.8 Å². The molecule has 0 aliphatic carbocycles. The first-order valence-corrected chi connectivity index (χ1v) is 25.1. The van der Waals surface area contributed by atoms with Crippen LogP contribution in [0.1, 0.15) is 89.6 Å². The number of ether oxygens (including phenoxy) is 1. The van der Waals surface area contributed by atoms with Gasteiger partial charge >= 0.3 is 5.97 Å². The second kappa shape index (κ2) is 20.3. The molecule has 2 saturated heterocycles. The first kappa shape index (κ1) is 47.5. The Balaban J connectivity index is 0.720. The molecule has 3 amide bonds. The van der Waals surface area contributed by atoms with Gasteiger partial charge in [-0.2, -0.15) is 5.10 Å². The molecule has 3 aromatic heterocycles. The van der Waals surface area contributed by atoms with Gasteiger partial charge in [-0.15, -0.1) is 0 Å². The van der Waals surface area contributed by atoms with Gasteiger partial charge in [-0.05, 0) is 135 Å². The Morgan fingerprint density at radius 1 is 0.930 bits per heavy atom. The maximum absolute atomic E-state index is 13.2. The van der Waals surface area contributed by atoms with Gasteiger partial charge in [0.15, 0.2) is 17.1 Å². The minimum Gasteiger partial charge on any atom is -0.493 e. The van der Waals surface area contributed by atoms with Crippen molar-refractivity contribution in [3.8, 4) is 16.9 Å². The van der Waals surface area contributed by atoms with E-state index in [9.17, 15) is 29.4 Å². The number of anilines is 3. The van der Waals surface area contributed by atoms with Crippen LogP contribution in [0.3, 0.4) is 0 Å². The zero-order chi connectivity index (χ0) is 49.3. The molecular weight excluding hydrogens is 919 g/mol. The quantitative estimate of drug-likeness (QED) is 0.0486. The fourth-order valence-corrected chi connectivity index (χ4v) is 11.4. The number of benzene rings is 4. The fourth-order valence-electron chi connectivity index (χ4n) is 10.5. The van der Waals surface area contributed by atoms with E-state index in [1.165, 1.54) is 11.3 Å². The minimum absolute atomic E-state index is 0.0369. The van der Waals surface area contributed by atoms with E-state index < -0.39 is 18.1 Å². The third kappa shape index (κ3) is 10.1. The molecule has 2 fully saturated rings. The van der Waals surface area contributed by atoms with Crippen molar-refractivity contribution in [1.29, 1.82) is 0 Å². The zero-order valence-corrected chi connectivity index (χ0v) is 40.8. The number of carboxylic acid groups (broad SMARTS) is 1. The number of amides is 3. The van der Waals surface area contributed by atoms with Gasteiger partial charge in [0.05, 0.1) is 40.5 Å². The number of nitrogens with one attached hydrogen (secondary N) is 3. The molecule has 17 heteroatoms. The van der Waals surface area contributed by atoms with E-state index in [0.717, 1.165) is 81.3 Å². The van der Waals surface area contributed by atoms with Crippen LogP contribution in [0.5, 0.6) is 5.75 Å². The molecule has 366 valence electrons. The number of aliphatic hydroxyl groups excluding tert-OH is 1. The Labute approximate surface area is 415 Å². The molecular formula is C54H57N9O7S. The summed E-state index contributed by atoms with van der Waals surface area (Å²) < 4.78 is 9.14. The molecule has 3 aliphatic heterocycles. The van der Waals surface area contributed by atoms with Crippen LogP contribution in [0.2, 0.25) is 0 Å². The van der Waals surface area contributed by atoms with Gasteiger partial charge in [0.2, 0.25) is 17.7 Å². The molecule has 2 unspecified atom stereocenters. The van der Waals surface area contributed by atoms with Gasteiger partial charge in [0.25, 0.3) is 0 Å². The monoisotopic (exact) mass is 975 g/mol. The molecule has 16 nitrogen and oxygen atoms in total. The lowest BCUT2D eigenvalue weighted by Gasteiger charge is -2.34. The summed E-state index contributed by atoms with van der Waals surface area (Å²) >= 11 is 1.49. The SMILES string of the molecule is Cc1c(OCC[C@@H](C)C2CCN(CC(=O)Nc3ccc4c(C5CCC(=O)NC5=O)nn(C)c4c3)CC2)cccc1-c1ccc(N2CCc3cccc(C(O)Nc4nc5ccccc5s4)c3C2)nc1C(=O)O. The number of piperidine rings is 2. The van der Waals surface area contributed by atoms with Crippen LogP contribution in [0.4, 0.5) is 16.6 Å². The minimum atomic E-state index is -1.12. The van der Waals surface area contributed by atoms with E-state index in [1.54, 1.807) is 11.7 Å². The molecule has 71 heavy (non-hydrogen) atoms. The number of carbonyl (C=O) groups excluding carboxylic acids is 3. The van der Waals surface area contributed by atoms with Crippen LogP contribution in [0.15, 0.2) is 91.0 Å². The highest BCUT2D eigenvalue weighted by atomic mass is 32.1. The number of thiazole rings is 1. The number of aliphatic hydroxyl groups is 1. The van der Waals surface area contributed by atoms with Crippen molar-refractivity contribution in [3.63, 3.8) is 0 Å². The predicted octanol–water partition coefficient (Wildman–Crippen LogP) is 8.19. The topological polar surface area (TPSA) is 204 Å². The lowest BCUT2D eigenvalue weighted by atomic mass is 9.84. The maximum atomic E-state index is 13.2. The molecule has 0 bridgehead atoms. The van der Waals surface area contributed by atoms with Gasteiger partial charge < -0.3 is 30.5 Å². The molecule has 10 rings (SSSR count). The zero-order valence-electron chi connectivity index (χ0n) is 40.0. The Morgan fingerprint density at radius 2 is 1.75 bits per heavy atom. The Bertz CT molecular complexity index is 3150. The molecule has 0 saturated carbocycles. The predicted molar refractivity (Wildman–Crippen MR) is 274 cm³/mol. The van der Waals surface area contributed by atoms with Crippen LogP contribution in [-0.4, -0.2) is 91.3 Å². The van der Waals surface area contributed by atoms with E-state index in [-0.39, 0.29) is 36.4 Å². The normalized spacial score (nSPS) is 17.5. The number of pyridine rings is 1. The third-order valence-corrected chi connectivity index (χ3v) is 15.5. The molecule has 5 N–H and O–H groups in total. The second-order valence-electron chi connectivity index (χ2n) is 19.0. The van der Waals surface area contributed by atoms with Crippen molar-refractivity contribution in [2.24, 2.45) is 18.9 Å². The van der Waals surface area contributed by atoms with Crippen molar-refractivity contribution < 1.29 is 34.1 Å². The molecule has 4 aromatic carbocycles. The van der Waals surface area contributed by atoms with Gasteiger partial charge in [0, 0.05) is 48.8 Å². The Kier molecular flexibility index (Phi) is 13.5. The summed E-state index contributed by atoms with van der Waals surface area (Å²) in [6.07, 6.45) is 3.22. The first-order chi connectivity index (χ1) is 34.4. The lowest BCUT2D eigenvalue weighted by molar-refractivity contribution is -0.134. The number of hydrogen-bond acceptors (Lipinski definition) is 13. The Morgan fingerprint density at radius 3 is 2.55 bits per heavy atom. The molecule has 6 heterocycles. The first-order valence-electron chi connectivity index (χ1n) is 24.3. The van der Waals surface area contributed by atoms with Crippen LogP contribution in [0, 0.1) is 18.8 Å².